The third-order valence-electron chi connectivity index (χ3n) is 6.77. The minimum atomic E-state index is -4.70. The smallest absolute Gasteiger partial charge is 0.349 e. The summed E-state index contributed by atoms with van der Waals surface area (Å²) in [5.41, 5.74) is -0.127. The molecule has 0 aliphatic carbocycles. The number of hydrogen-bond donors (Lipinski definition) is 1. The highest BCUT2D eigenvalue weighted by atomic mass is 19.4. The second kappa shape index (κ2) is 11.6. The summed E-state index contributed by atoms with van der Waals surface area (Å²) in [5, 5.41) is 2.91. The van der Waals surface area contributed by atoms with E-state index in [1.807, 2.05) is 53.7 Å². The molecule has 2 aromatic heterocycles. The lowest BCUT2D eigenvalue weighted by atomic mass is 9.82. The molecule has 1 atom stereocenters. The second-order valence-corrected chi connectivity index (χ2v) is 12.9. The molecule has 2 rings (SSSR count). The molecule has 38 heavy (non-hydrogen) atoms. The molecular formula is C30H44F3N3O2. The van der Waals surface area contributed by atoms with Crippen LogP contribution in [0, 0.1) is 5.41 Å². The molecule has 1 unspecified atom stereocenters. The number of pyridine rings is 2. The summed E-state index contributed by atoms with van der Waals surface area (Å²) in [6.45, 7) is 19.8. The van der Waals surface area contributed by atoms with Crippen LogP contribution in [0.4, 0.5) is 13.2 Å². The van der Waals surface area contributed by atoms with Gasteiger partial charge in [0.05, 0.1) is 0 Å². The van der Waals surface area contributed by atoms with Gasteiger partial charge in [-0.3, -0.25) is 9.59 Å². The van der Waals surface area contributed by atoms with Gasteiger partial charge in [-0.25, -0.2) is 4.98 Å². The summed E-state index contributed by atoms with van der Waals surface area (Å²) in [4.78, 5) is 30.1. The maximum Gasteiger partial charge on any atom is 0.421 e. The highest BCUT2D eigenvalue weighted by molar-refractivity contribution is 5.92. The molecule has 2 heterocycles. The lowest BCUT2D eigenvalue weighted by molar-refractivity contribution is -0.139. The molecule has 2 aromatic rings. The monoisotopic (exact) mass is 535 g/mol. The van der Waals surface area contributed by atoms with Crippen molar-refractivity contribution in [3.8, 4) is 0 Å². The first-order chi connectivity index (χ1) is 17.2. The number of carbonyl (C=O) groups is 1. The van der Waals surface area contributed by atoms with Crippen molar-refractivity contribution in [1.82, 2.24) is 14.9 Å². The number of nitrogens with one attached hydrogen (secondary N) is 1. The number of rotatable bonds is 9. The first-order valence-corrected chi connectivity index (χ1v) is 13.4. The summed E-state index contributed by atoms with van der Waals surface area (Å²) in [6.07, 6.45) is -1.73. The van der Waals surface area contributed by atoms with Gasteiger partial charge < -0.3 is 9.88 Å². The van der Waals surface area contributed by atoms with Crippen molar-refractivity contribution < 1.29 is 18.0 Å². The van der Waals surface area contributed by atoms with Gasteiger partial charge in [-0.05, 0) is 73.3 Å². The Morgan fingerprint density at radius 2 is 1.58 bits per heavy atom. The molecular weight excluding hydrogens is 491 g/mol. The standard InChI is InChI=1S/C30H44F3N3O2/c1-18(2)22-13-23(30(31,32)33)27(38)36(16-22)17-29(9,10)12-11-20(5)21-14-24(26(37)34-19(3)4)35-25(15-21)28(6,7)8/h13-16,18-20H,11-12,17H2,1-10H3,(H,34,37). The van der Waals surface area contributed by atoms with Gasteiger partial charge in [0.25, 0.3) is 11.5 Å². The molecule has 0 bridgehead atoms. The van der Waals surface area contributed by atoms with Crippen molar-refractivity contribution in [2.24, 2.45) is 5.41 Å². The highest BCUT2D eigenvalue weighted by Gasteiger charge is 2.36. The van der Waals surface area contributed by atoms with Gasteiger partial charge in [-0.1, -0.05) is 55.4 Å². The first kappa shape index (κ1) is 31.6. The van der Waals surface area contributed by atoms with Crippen molar-refractivity contribution in [1.29, 1.82) is 0 Å². The predicted octanol–water partition coefficient (Wildman–Crippen LogP) is 7.43. The first-order valence-electron chi connectivity index (χ1n) is 13.4. The summed E-state index contributed by atoms with van der Waals surface area (Å²) < 4.78 is 41.9. The number of hydrogen-bond acceptors (Lipinski definition) is 3. The van der Waals surface area contributed by atoms with E-state index in [-0.39, 0.29) is 35.7 Å². The second-order valence-electron chi connectivity index (χ2n) is 12.9. The third-order valence-corrected chi connectivity index (χ3v) is 6.77. The third kappa shape index (κ3) is 8.43. The van der Waals surface area contributed by atoms with Crippen LogP contribution in [0.15, 0.2) is 29.2 Å². The average molecular weight is 536 g/mol. The lowest BCUT2D eigenvalue weighted by Gasteiger charge is -2.29. The summed E-state index contributed by atoms with van der Waals surface area (Å²) in [7, 11) is 0. The molecule has 0 spiro atoms. The zero-order valence-corrected chi connectivity index (χ0v) is 24.5. The van der Waals surface area contributed by atoms with Gasteiger partial charge in [0, 0.05) is 29.9 Å². The molecule has 0 aliphatic heterocycles. The molecule has 1 amide bonds. The van der Waals surface area contributed by atoms with E-state index >= 15 is 0 Å². The van der Waals surface area contributed by atoms with Crippen molar-refractivity contribution >= 4 is 5.91 Å². The van der Waals surface area contributed by atoms with Crippen molar-refractivity contribution in [3.63, 3.8) is 0 Å². The molecule has 1 N–H and O–H groups in total. The number of nitrogens with zero attached hydrogens (tertiary/aromatic N) is 2. The van der Waals surface area contributed by atoms with Crippen LogP contribution in [0.3, 0.4) is 0 Å². The van der Waals surface area contributed by atoms with Crippen LogP contribution < -0.4 is 10.9 Å². The number of alkyl halides is 3. The molecule has 212 valence electrons. The fourth-order valence-electron chi connectivity index (χ4n) is 4.28. The Balaban J connectivity index is 2.32. The van der Waals surface area contributed by atoms with Crippen LogP contribution in [0.5, 0.6) is 0 Å². The van der Waals surface area contributed by atoms with E-state index in [0.29, 0.717) is 17.7 Å². The summed E-state index contributed by atoms with van der Waals surface area (Å²) in [6, 6.07) is 4.83. The minimum Gasteiger partial charge on any atom is -0.349 e. The van der Waals surface area contributed by atoms with Crippen LogP contribution in [0.2, 0.25) is 0 Å². The average Bonchev–Trinajstić information content (AvgIpc) is 2.76. The Kier molecular flexibility index (Phi) is 9.66. The molecule has 0 radical (unpaired) electrons. The molecule has 0 saturated carbocycles. The Hall–Kier alpha value is -2.64. The largest absolute Gasteiger partial charge is 0.421 e. The fourth-order valence-corrected chi connectivity index (χ4v) is 4.28. The van der Waals surface area contributed by atoms with Crippen LogP contribution >= 0.6 is 0 Å². The van der Waals surface area contributed by atoms with E-state index in [4.69, 9.17) is 0 Å². The van der Waals surface area contributed by atoms with Gasteiger partial charge in [-0.2, -0.15) is 13.2 Å². The summed E-state index contributed by atoms with van der Waals surface area (Å²) in [5.74, 6) is -0.282. The van der Waals surface area contributed by atoms with Gasteiger partial charge in [0.15, 0.2) is 0 Å². The molecule has 8 heteroatoms. The van der Waals surface area contributed by atoms with E-state index in [2.05, 4.69) is 38.0 Å². The normalized spacial score (nSPS) is 13.8. The SMILES string of the molecule is CC(C)NC(=O)c1cc(C(C)CCC(C)(C)Cn2cc(C(C)C)cc(C(F)(F)F)c2=O)cc(C(C)(C)C)n1. The van der Waals surface area contributed by atoms with Gasteiger partial charge in [0.2, 0.25) is 0 Å². The number of amides is 1. The number of halogens is 3. The quantitative estimate of drug-likeness (QED) is 0.363. The maximum atomic E-state index is 13.6. The van der Waals surface area contributed by atoms with Crippen LogP contribution in [0.25, 0.3) is 0 Å². The lowest BCUT2D eigenvalue weighted by Crippen LogP contribution is -2.33. The van der Waals surface area contributed by atoms with Crippen molar-refractivity contribution in [2.75, 3.05) is 0 Å². The Morgan fingerprint density at radius 3 is 2.08 bits per heavy atom. The van der Waals surface area contributed by atoms with E-state index < -0.39 is 22.7 Å². The van der Waals surface area contributed by atoms with Crippen LogP contribution in [-0.4, -0.2) is 21.5 Å². The van der Waals surface area contributed by atoms with E-state index in [1.54, 1.807) is 6.20 Å². The van der Waals surface area contributed by atoms with Crippen molar-refractivity contribution in [2.45, 2.75) is 118 Å². The van der Waals surface area contributed by atoms with Gasteiger partial charge in [0.1, 0.15) is 11.3 Å². The van der Waals surface area contributed by atoms with E-state index in [0.717, 1.165) is 23.7 Å². The highest BCUT2D eigenvalue weighted by Crippen LogP contribution is 2.34. The Morgan fingerprint density at radius 1 is 0.974 bits per heavy atom. The fraction of sp³-hybridized carbons (Fsp3) is 0.633. The molecule has 0 aromatic carbocycles. The van der Waals surface area contributed by atoms with Gasteiger partial charge in [-0.15, -0.1) is 0 Å². The number of aromatic nitrogens is 2. The molecule has 0 saturated heterocycles. The topological polar surface area (TPSA) is 64.0 Å². The molecule has 5 nitrogen and oxygen atoms in total. The van der Waals surface area contributed by atoms with Crippen LogP contribution in [-0.2, 0) is 18.1 Å². The maximum absolute atomic E-state index is 13.6. The van der Waals surface area contributed by atoms with Crippen molar-refractivity contribution in [3.05, 3.63) is 62.8 Å². The predicted molar refractivity (Wildman–Crippen MR) is 147 cm³/mol. The van der Waals surface area contributed by atoms with Gasteiger partial charge >= 0.3 is 6.18 Å². The summed E-state index contributed by atoms with van der Waals surface area (Å²) >= 11 is 0. The molecule has 0 aliphatic rings. The van der Waals surface area contributed by atoms with Crippen LogP contribution in [0.1, 0.15) is 127 Å². The Bertz CT molecular complexity index is 1190. The Labute approximate surface area is 225 Å². The minimum absolute atomic E-state index is 0.0141. The van der Waals surface area contributed by atoms with E-state index in [9.17, 15) is 22.8 Å². The zero-order chi connectivity index (χ0) is 29.2. The number of carbonyl (C=O) groups excluding carboxylic acids is 1. The molecule has 0 fully saturated rings. The zero-order valence-electron chi connectivity index (χ0n) is 24.5. The van der Waals surface area contributed by atoms with E-state index in [1.165, 1.54) is 4.57 Å².